The first-order valence-corrected chi connectivity index (χ1v) is 12.0. The van der Waals surface area contributed by atoms with Crippen LogP contribution >= 0.6 is 0 Å². The van der Waals surface area contributed by atoms with E-state index in [4.69, 9.17) is 4.74 Å². The molecule has 0 radical (unpaired) electrons. The summed E-state index contributed by atoms with van der Waals surface area (Å²) in [6.45, 7) is 3.49. The zero-order chi connectivity index (χ0) is 22.1. The van der Waals surface area contributed by atoms with Gasteiger partial charge < -0.3 is 4.74 Å². The predicted molar refractivity (Wildman–Crippen MR) is 126 cm³/mol. The van der Waals surface area contributed by atoms with E-state index < -0.39 is 10.0 Å². The van der Waals surface area contributed by atoms with Crippen molar-refractivity contribution in [3.63, 3.8) is 0 Å². The summed E-state index contributed by atoms with van der Waals surface area (Å²) in [4.78, 5) is 0.279. The van der Waals surface area contributed by atoms with E-state index in [1.54, 1.807) is 24.3 Å². The number of hydrogen-bond acceptors (Lipinski definition) is 5. The highest BCUT2D eigenvalue weighted by atomic mass is 32.2. The summed E-state index contributed by atoms with van der Waals surface area (Å²) in [6, 6.07) is 23.2. The van der Waals surface area contributed by atoms with Crippen LogP contribution in [-0.4, -0.2) is 50.4 Å². The summed E-state index contributed by atoms with van der Waals surface area (Å²) in [5.74, 6) is 0. The molecule has 5 rings (SSSR count). The Morgan fingerprint density at radius 3 is 1.91 bits per heavy atom. The van der Waals surface area contributed by atoms with Crippen LogP contribution in [-0.2, 0) is 14.8 Å². The number of rotatable bonds is 4. The number of hydrogen-bond donors (Lipinski definition) is 0. The molecule has 0 N–H and O–H groups in total. The number of nitrogens with zero attached hydrogens (tertiary/aromatic N) is 3. The van der Waals surface area contributed by atoms with Gasteiger partial charge in [0.1, 0.15) is 5.71 Å². The van der Waals surface area contributed by atoms with Gasteiger partial charge in [-0.15, -0.1) is 5.10 Å². The number of fused-ring (bicyclic) bond motifs is 3. The molecule has 3 aromatic rings. The maximum Gasteiger partial charge on any atom is 0.243 e. The van der Waals surface area contributed by atoms with Gasteiger partial charge in [0.2, 0.25) is 10.0 Å². The average Bonchev–Trinajstić information content (AvgIpc) is 3.17. The minimum absolute atomic E-state index is 0.279. The van der Waals surface area contributed by atoms with Crippen molar-refractivity contribution < 1.29 is 13.2 Å². The van der Waals surface area contributed by atoms with Gasteiger partial charge in [0.05, 0.1) is 23.8 Å². The molecule has 6 nitrogen and oxygen atoms in total. The Morgan fingerprint density at radius 2 is 1.34 bits per heavy atom. The summed E-state index contributed by atoms with van der Waals surface area (Å²) >= 11 is 0. The Morgan fingerprint density at radius 1 is 0.812 bits per heavy atom. The SMILES string of the molecule is C/C(=N\N=C1c2ccccc2-c2ccccc21)c1ccc(S(=O)(=O)N2CCOCC2)cc1. The Labute approximate surface area is 187 Å². The van der Waals surface area contributed by atoms with Crippen LogP contribution in [0.2, 0.25) is 0 Å². The van der Waals surface area contributed by atoms with Crippen molar-refractivity contribution in [2.75, 3.05) is 26.3 Å². The van der Waals surface area contributed by atoms with Crippen molar-refractivity contribution in [2.45, 2.75) is 11.8 Å². The van der Waals surface area contributed by atoms with E-state index in [-0.39, 0.29) is 4.90 Å². The molecule has 0 amide bonds. The van der Waals surface area contributed by atoms with E-state index in [1.807, 2.05) is 31.2 Å². The fraction of sp³-hybridized carbons (Fsp3) is 0.200. The monoisotopic (exact) mass is 445 g/mol. The van der Waals surface area contributed by atoms with Crippen molar-refractivity contribution in [3.8, 4) is 11.1 Å². The fourth-order valence-electron chi connectivity index (χ4n) is 4.09. The molecule has 0 saturated carbocycles. The predicted octanol–water partition coefficient (Wildman–Crippen LogP) is 3.95. The van der Waals surface area contributed by atoms with E-state index in [0.717, 1.165) is 39.2 Å². The van der Waals surface area contributed by atoms with E-state index in [9.17, 15) is 8.42 Å². The van der Waals surface area contributed by atoms with Crippen LogP contribution in [0.1, 0.15) is 23.6 Å². The van der Waals surface area contributed by atoms with Gasteiger partial charge in [-0.05, 0) is 35.7 Å². The Kier molecular flexibility index (Phi) is 5.46. The summed E-state index contributed by atoms with van der Waals surface area (Å²) in [7, 11) is -3.51. The van der Waals surface area contributed by atoms with Gasteiger partial charge in [-0.1, -0.05) is 60.7 Å². The van der Waals surface area contributed by atoms with Crippen LogP contribution < -0.4 is 0 Å². The molecule has 0 atom stereocenters. The van der Waals surface area contributed by atoms with Gasteiger partial charge in [0.15, 0.2) is 0 Å². The van der Waals surface area contributed by atoms with Gasteiger partial charge in [-0.3, -0.25) is 0 Å². The largest absolute Gasteiger partial charge is 0.379 e. The van der Waals surface area contributed by atoms with E-state index in [2.05, 4.69) is 34.5 Å². The quantitative estimate of drug-likeness (QED) is 0.353. The lowest BCUT2D eigenvalue weighted by molar-refractivity contribution is 0.0730. The standard InChI is InChI=1S/C25H23N3O3S/c1-18(19-10-12-20(13-11-19)32(29,30)28-14-16-31-17-15-28)26-27-25-23-8-4-2-6-21(23)22-7-3-5-9-24(22)25/h2-13H,14-17H2,1H3/b26-18+. The van der Waals surface area contributed by atoms with Gasteiger partial charge >= 0.3 is 0 Å². The van der Waals surface area contributed by atoms with Crippen molar-refractivity contribution in [1.29, 1.82) is 0 Å². The Bertz CT molecular complexity index is 1280. The van der Waals surface area contributed by atoms with E-state index >= 15 is 0 Å². The third kappa shape index (κ3) is 3.68. The van der Waals surface area contributed by atoms with Crippen molar-refractivity contribution >= 4 is 21.4 Å². The zero-order valence-corrected chi connectivity index (χ0v) is 18.5. The second kappa shape index (κ2) is 8.43. The van der Waals surface area contributed by atoms with Gasteiger partial charge in [0, 0.05) is 24.2 Å². The molecule has 7 heteroatoms. The highest BCUT2D eigenvalue weighted by Crippen LogP contribution is 2.36. The van der Waals surface area contributed by atoms with Gasteiger partial charge in [0.25, 0.3) is 0 Å². The molecule has 0 bridgehead atoms. The highest BCUT2D eigenvalue weighted by Gasteiger charge is 2.26. The molecule has 2 aliphatic rings. The van der Waals surface area contributed by atoms with Crippen molar-refractivity contribution in [3.05, 3.63) is 89.5 Å². The first kappa shape index (κ1) is 20.8. The minimum Gasteiger partial charge on any atom is -0.379 e. The molecular weight excluding hydrogens is 422 g/mol. The summed E-state index contributed by atoms with van der Waals surface area (Å²) < 4.78 is 32.4. The molecule has 32 heavy (non-hydrogen) atoms. The van der Waals surface area contributed by atoms with Gasteiger partial charge in [-0.25, -0.2) is 8.42 Å². The zero-order valence-electron chi connectivity index (χ0n) is 17.7. The smallest absolute Gasteiger partial charge is 0.243 e. The van der Waals surface area contributed by atoms with Crippen molar-refractivity contribution in [2.24, 2.45) is 10.2 Å². The lowest BCUT2D eigenvalue weighted by Gasteiger charge is -2.26. The third-order valence-corrected chi connectivity index (χ3v) is 7.75. The molecule has 162 valence electrons. The molecular formula is C25H23N3O3S. The molecule has 3 aromatic carbocycles. The second-order valence-corrected chi connectivity index (χ2v) is 9.70. The number of sulfonamides is 1. The van der Waals surface area contributed by atoms with Crippen LogP contribution in [0.3, 0.4) is 0 Å². The molecule has 1 saturated heterocycles. The molecule has 1 heterocycles. The van der Waals surface area contributed by atoms with Crippen LogP contribution in [0, 0.1) is 0 Å². The van der Waals surface area contributed by atoms with Crippen LogP contribution in [0.25, 0.3) is 11.1 Å². The number of morpholine rings is 1. The van der Waals surface area contributed by atoms with Crippen molar-refractivity contribution in [1.82, 2.24) is 4.31 Å². The van der Waals surface area contributed by atoms with Crippen LogP contribution in [0.5, 0.6) is 0 Å². The van der Waals surface area contributed by atoms with Crippen LogP contribution in [0.15, 0.2) is 87.9 Å². The molecule has 0 aromatic heterocycles. The first-order chi connectivity index (χ1) is 15.6. The van der Waals surface area contributed by atoms with Gasteiger partial charge in [-0.2, -0.15) is 9.41 Å². The first-order valence-electron chi connectivity index (χ1n) is 10.6. The summed E-state index contributed by atoms with van der Waals surface area (Å²) in [5, 5.41) is 9.08. The molecule has 1 aliphatic carbocycles. The maximum absolute atomic E-state index is 12.8. The minimum atomic E-state index is -3.51. The lowest BCUT2D eigenvalue weighted by atomic mass is 10.1. The normalized spacial score (nSPS) is 16.5. The molecule has 0 spiro atoms. The van der Waals surface area contributed by atoms with E-state index in [1.165, 1.54) is 4.31 Å². The lowest BCUT2D eigenvalue weighted by Crippen LogP contribution is -2.40. The average molecular weight is 446 g/mol. The molecule has 1 fully saturated rings. The summed E-state index contributed by atoms with van der Waals surface area (Å²) in [5.41, 5.74) is 6.85. The fourth-order valence-corrected chi connectivity index (χ4v) is 5.50. The summed E-state index contributed by atoms with van der Waals surface area (Å²) in [6.07, 6.45) is 0. The number of ether oxygens (including phenoxy) is 1. The second-order valence-electron chi connectivity index (χ2n) is 7.77. The van der Waals surface area contributed by atoms with E-state index in [0.29, 0.717) is 26.3 Å². The Balaban J connectivity index is 1.43. The molecule has 1 aliphatic heterocycles. The third-order valence-electron chi connectivity index (χ3n) is 5.83. The topological polar surface area (TPSA) is 71.3 Å². The molecule has 0 unspecified atom stereocenters. The Hall–Kier alpha value is -3.13. The number of benzene rings is 3. The maximum atomic E-state index is 12.8. The highest BCUT2D eigenvalue weighted by molar-refractivity contribution is 7.89. The van der Waals surface area contributed by atoms with Crippen LogP contribution in [0.4, 0.5) is 0 Å².